The maximum atomic E-state index is 12.9. The summed E-state index contributed by atoms with van der Waals surface area (Å²) in [6.45, 7) is 0. The van der Waals surface area contributed by atoms with Crippen molar-refractivity contribution in [2.24, 2.45) is 0 Å². The van der Waals surface area contributed by atoms with Gasteiger partial charge < -0.3 is 5.73 Å². The first-order valence-electron chi connectivity index (χ1n) is 3.58. The third kappa shape index (κ3) is 1.92. The van der Waals surface area contributed by atoms with Crippen molar-refractivity contribution in [2.45, 2.75) is 12.1 Å². The third-order valence-electron chi connectivity index (χ3n) is 1.72. The van der Waals surface area contributed by atoms with E-state index < -0.39 is 29.0 Å². The van der Waals surface area contributed by atoms with Crippen LogP contribution in [0.4, 0.5) is 23.2 Å². The van der Waals surface area contributed by atoms with Crippen LogP contribution in [0.15, 0.2) is 12.1 Å². The number of anilines is 1. The van der Waals surface area contributed by atoms with Crippen molar-refractivity contribution >= 4 is 17.3 Å². The van der Waals surface area contributed by atoms with Crippen LogP contribution in [0.5, 0.6) is 0 Å². The van der Waals surface area contributed by atoms with Crippen LogP contribution in [0, 0.1) is 5.82 Å². The summed E-state index contributed by atoms with van der Waals surface area (Å²) >= 11 is 5.27. The lowest BCUT2D eigenvalue weighted by Gasteiger charge is -2.13. The first-order valence-corrected chi connectivity index (χ1v) is 4.11. The zero-order chi connectivity index (χ0) is 10.9. The molecule has 0 unspecified atom stereocenters. The van der Waals surface area contributed by atoms with Gasteiger partial charge in [0.2, 0.25) is 0 Å². The number of hydrogen-bond donors (Lipinski definition) is 1. The number of nitrogen functional groups attached to an aromatic ring is 1. The molecule has 0 saturated heterocycles. The van der Waals surface area contributed by atoms with E-state index in [0.29, 0.717) is 6.07 Å². The molecule has 0 aliphatic heterocycles. The molecule has 0 saturated carbocycles. The van der Waals surface area contributed by atoms with Gasteiger partial charge in [-0.2, -0.15) is 13.2 Å². The normalized spacial score (nSPS) is 11.8. The molecule has 0 radical (unpaired) electrons. The van der Waals surface area contributed by atoms with E-state index in [-0.39, 0.29) is 5.69 Å². The standard InChI is InChI=1S/C8H6ClF4N/c9-3-4-6(14)2-1-5(10)7(4)8(11,12)13/h1-2H,3,14H2. The Balaban J connectivity index is 3.46. The summed E-state index contributed by atoms with van der Waals surface area (Å²) < 4.78 is 49.8. The number of rotatable bonds is 1. The summed E-state index contributed by atoms with van der Waals surface area (Å²) in [4.78, 5) is 0. The molecular weight excluding hydrogens is 222 g/mol. The highest BCUT2D eigenvalue weighted by molar-refractivity contribution is 6.17. The fourth-order valence-electron chi connectivity index (χ4n) is 1.09. The van der Waals surface area contributed by atoms with Gasteiger partial charge in [-0.25, -0.2) is 4.39 Å². The van der Waals surface area contributed by atoms with Gasteiger partial charge in [0.15, 0.2) is 0 Å². The lowest BCUT2D eigenvalue weighted by molar-refractivity contribution is -0.140. The molecule has 1 rings (SSSR count). The molecular formula is C8H6ClF4N. The molecule has 0 aliphatic rings. The highest BCUT2D eigenvalue weighted by Crippen LogP contribution is 2.36. The number of benzene rings is 1. The van der Waals surface area contributed by atoms with E-state index >= 15 is 0 Å². The predicted octanol–water partition coefficient (Wildman–Crippen LogP) is 3.17. The smallest absolute Gasteiger partial charge is 0.398 e. The molecule has 1 aromatic rings. The van der Waals surface area contributed by atoms with Crippen molar-refractivity contribution in [3.63, 3.8) is 0 Å². The van der Waals surface area contributed by atoms with Gasteiger partial charge in [-0.3, -0.25) is 0 Å². The van der Waals surface area contributed by atoms with Crippen LogP contribution in [-0.4, -0.2) is 0 Å². The van der Waals surface area contributed by atoms with Crippen LogP contribution < -0.4 is 5.73 Å². The average Bonchev–Trinajstić information content (AvgIpc) is 2.06. The molecule has 0 fully saturated rings. The zero-order valence-electron chi connectivity index (χ0n) is 6.83. The Labute approximate surface area is 82.5 Å². The molecule has 0 amide bonds. The summed E-state index contributed by atoms with van der Waals surface area (Å²) in [6.07, 6.45) is -4.77. The second-order valence-corrected chi connectivity index (χ2v) is 2.89. The van der Waals surface area contributed by atoms with Crippen LogP contribution >= 0.6 is 11.6 Å². The molecule has 0 heterocycles. The number of alkyl halides is 4. The third-order valence-corrected chi connectivity index (χ3v) is 1.98. The van der Waals surface area contributed by atoms with Crippen molar-refractivity contribution in [3.05, 3.63) is 29.1 Å². The Morgan fingerprint density at radius 3 is 2.21 bits per heavy atom. The van der Waals surface area contributed by atoms with E-state index in [1.807, 2.05) is 0 Å². The molecule has 2 N–H and O–H groups in total. The summed E-state index contributed by atoms with van der Waals surface area (Å²) in [5, 5.41) is 0. The quantitative estimate of drug-likeness (QED) is 0.445. The van der Waals surface area contributed by atoms with Crippen molar-refractivity contribution in [1.82, 2.24) is 0 Å². The van der Waals surface area contributed by atoms with Crippen molar-refractivity contribution in [3.8, 4) is 0 Å². The minimum atomic E-state index is -4.77. The maximum Gasteiger partial charge on any atom is 0.419 e. The van der Waals surface area contributed by atoms with Crippen LogP contribution in [0.2, 0.25) is 0 Å². The van der Waals surface area contributed by atoms with Gasteiger partial charge >= 0.3 is 6.18 Å². The lowest BCUT2D eigenvalue weighted by Crippen LogP contribution is -2.13. The highest BCUT2D eigenvalue weighted by atomic mass is 35.5. The van der Waals surface area contributed by atoms with E-state index in [1.54, 1.807) is 0 Å². The molecule has 78 valence electrons. The summed E-state index contributed by atoms with van der Waals surface area (Å²) in [5.74, 6) is -1.83. The van der Waals surface area contributed by atoms with Gasteiger partial charge in [0.05, 0.1) is 11.4 Å². The molecule has 0 aliphatic carbocycles. The van der Waals surface area contributed by atoms with Crippen molar-refractivity contribution in [2.75, 3.05) is 5.73 Å². The Bertz CT molecular complexity index is 348. The van der Waals surface area contributed by atoms with E-state index in [1.165, 1.54) is 0 Å². The van der Waals surface area contributed by atoms with Gasteiger partial charge in [0, 0.05) is 11.3 Å². The molecule has 0 aromatic heterocycles. The monoisotopic (exact) mass is 227 g/mol. The molecule has 0 bridgehead atoms. The van der Waals surface area contributed by atoms with Crippen molar-refractivity contribution < 1.29 is 17.6 Å². The largest absolute Gasteiger partial charge is 0.419 e. The van der Waals surface area contributed by atoms with E-state index in [4.69, 9.17) is 17.3 Å². The number of hydrogen-bond acceptors (Lipinski definition) is 1. The highest BCUT2D eigenvalue weighted by Gasteiger charge is 2.37. The molecule has 14 heavy (non-hydrogen) atoms. The molecule has 0 spiro atoms. The topological polar surface area (TPSA) is 26.0 Å². The SMILES string of the molecule is Nc1ccc(F)c(C(F)(F)F)c1CCl. The predicted molar refractivity (Wildman–Crippen MR) is 45.4 cm³/mol. The van der Waals surface area contributed by atoms with Crippen molar-refractivity contribution in [1.29, 1.82) is 0 Å². The second kappa shape index (κ2) is 3.65. The van der Waals surface area contributed by atoms with Crippen LogP contribution in [-0.2, 0) is 12.1 Å². The van der Waals surface area contributed by atoms with Gasteiger partial charge in [-0.15, -0.1) is 11.6 Å². The fourth-order valence-corrected chi connectivity index (χ4v) is 1.37. The van der Waals surface area contributed by atoms with Gasteiger partial charge in [-0.05, 0) is 12.1 Å². The zero-order valence-corrected chi connectivity index (χ0v) is 7.58. The van der Waals surface area contributed by atoms with Gasteiger partial charge in [0.25, 0.3) is 0 Å². The summed E-state index contributed by atoms with van der Waals surface area (Å²) in [5.41, 5.74) is 3.29. The summed E-state index contributed by atoms with van der Waals surface area (Å²) in [7, 11) is 0. The number of nitrogens with two attached hydrogens (primary N) is 1. The van der Waals surface area contributed by atoms with Gasteiger partial charge in [-0.1, -0.05) is 0 Å². The number of halogens is 5. The van der Waals surface area contributed by atoms with Crippen LogP contribution in [0.1, 0.15) is 11.1 Å². The van der Waals surface area contributed by atoms with Crippen LogP contribution in [0.25, 0.3) is 0 Å². The molecule has 1 nitrogen and oxygen atoms in total. The molecule has 6 heteroatoms. The average molecular weight is 228 g/mol. The van der Waals surface area contributed by atoms with E-state index in [0.717, 1.165) is 6.07 Å². The Hall–Kier alpha value is -0.970. The summed E-state index contributed by atoms with van der Waals surface area (Å²) in [6, 6.07) is 1.73. The first-order chi connectivity index (χ1) is 6.38. The Morgan fingerprint density at radius 1 is 1.29 bits per heavy atom. The minimum absolute atomic E-state index is 0.159. The van der Waals surface area contributed by atoms with Crippen LogP contribution in [0.3, 0.4) is 0 Å². The maximum absolute atomic E-state index is 12.9. The molecule has 1 aromatic carbocycles. The second-order valence-electron chi connectivity index (χ2n) is 2.62. The van der Waals surface area contributed by atoms with E-state index in [9.17, 15) is 17.6 Å². The fraction of sp³-hybridized carbons (Fsp3) is 0.250. The molecule has 0 atom stereocenters. The minimum Gasteiger partial charge on any atom is -0.398 e. The Morgan fingerprint density at radius 2 is 1.86 bits per heavy atom. The lowest BCUT2D eigenvalue weighted by atomic mass is 10.1. The van der Waals surface area contributed by atoms with E-state index in [2.05, 4.69) is 0 Å². The first kappa shape index (κ1) is 11.1. The van der Waals surface area contributed by atoms with Gasteiger partial charge in [0.1, 0.15) is 5.82 Å². The Kier molecular flexibility index (Phi) is 2.89.